The van der Waals surface area contributed by atoms with Gasteiger partial charge in [-0.15, -0.1) is 0 Å². The van der Waals surface area contributed by atoms with Gasteiger partial charge in [-0.25, -0.2) is 0 Å². The Kier molecular flexibility index (Phi) is 12.3. The van der Waals surface area contributed by atoms with Gasteiger partial charge in [0.25, 0.3) is 5.91 Å². The molecule has 2 aromatic rings. The quantitative estimate of drug-likeness (QED) is 0.456. The van der Waals surface area contributed by atoms with Gasteiger partial charge in [0.15, 0.2) is 0 Å². The molecular formula is C28H28FeN2O4+2. The molecule has 4 rings (SSSR count). The molecule has 2 aromatic carbocycles. The van der Waals surface area contributed by atoms with Crippen LogP contribution in [0.4, 0.5) is 0 Å². The second-order valence-corrected chi connectivity index (χ2v) is 7.66. The molecule has 35 heavy (non-hydrogen) atoms. The molecule has 2 amide bonds. The molecule has 0 bridgehead atoms. The van der Waals surface area contributed by atoms with Crippen molar-refractivity contribution in [2.24, 2.45) is 0 Å². The number of ether oxygens (including phenoxy) is 1. The Labute approximate surface area is 219 Å². The Bertz CT molecular complexity index is 976. The normalized spacial score (nSPS) is 15.0. The average molecular weight is 512 g/mol. The number of esters is 1. The van der Waals surface area contributed by atoms with Crippen molar-refractivity contribution in [3.8, 4) is 0 Å². The van der Waals surface area contributed by atoms with Crippen molar-refractivity contribution in [1.29, 1.82) is 0 Å². The maximum Gasteiger partial charge on any atom is 2.00 e. The summed E-state index contributed by atoms with van der Waals surface area (Å²) in [5, 5.41) is 4.43. The molecule has 0 saturated heterocycles. The summed E-state index contributed by atoms with van der Waals surface area (Å²) in [6.45, 7) is 1.59. The topological polar surface area (TPSA) is 75.7 Å². The molecule has 0 spiro atoms. The molecule has 0 unspecified atom stereocenters. The molecular weight excluding hydrogens is 484 g/mol. The van der Waals surface area contributed by atoms with Crippen LogP contribution in [0, 0.1) is 63.7 Å². The van der Waals surface area contributed by atoms with Gasteiger partial charge in [0, 0.05) is 18.5 Å². The zero-order valence-corrected chi connectivity index (χ0v) is 20.8. The van der Waals surface area contributed by atoms with Crippen LogP contribution in [0.5, 0.6) is 0 Å². The number of nitrogens with one attached hydrogen (secondary N) is 1. The van der Waals surface area contributed by atoms with Crippen LogP contribution in [0.25, 0.3) is 10.8 Å². The van der Waals surface area contributed by atoms with E-state index in [1.807, 2.05) is 69.2 Å². The molecule has 0 aromatic heterocycles. The third-order valence-corrected chi connectivity index (χ3v) is 5.10. The zero-order chi connectivity index (χ0) is 24.3. The second-order valence-electron chi connectivity index (χ2n) is 7.66. The predicted octanol–water partition coefficient (Wildman–Crippen LogP) is 3.36. The summed E-state index contributed by atoms with van der Waals surface area (Å²) < 4.78 is 4.75. The summed E-state index contributed by atoms with van der Waals surface area (Å²) in [6.07, 6.45) is 18.1. The molecule has 180 valence electrons. The van der Waals surface area contributed by atoms with E-state index in [1.54, 1.807) is 20.0 Å². The van der Waals surface area contributed by atoms with E-state index in [9.17, 15) is 14.4 Å². The summed E-state index contributed by atoms with van der Waals surface area (Å²) in [5.41, 5.74) is 1.62. The van der Waals surface area contributed by atoms with E-state index in [0.717, 1.165) is 22.3 Å². The molecule has 10 radical (unpaired) electrons. The minimum absolute atomic E-state index is 0. The van der Waals surface area contributed by atoms with Crippen LogP contribution >= 0.6 is 0 Å². The Morgan fingerprint density at radius 1 is 0.857 bits per heavy atom. The Balaban J connectivity index is 0.000000640. The van der Waals surface area contributed by atoms with Gasteiger partial charge in [-0.1, -0.05) is 24.3 Å². The summed E-state index contributed by atoms with van der Waals surface area (Å²) >= 11 is 0. The van der Waals surface area contributed by atoms with Crippen LogP contribution in [0.1, 0.15) is 22.8 Å². The molecule has 1 N–H and O–H groups in total. The van der Waals surface area contributed by atoms with Gasteiger partial charge in [0.1, 0.15) is 6.54 Å². The van der Waals surface area contributed by atoms with Crippen molar-refractivity contribution in [2.45, 2.75) is 6.92 Å². The smallest absolute Gasteiger partial charge is 0.465 e. The number of carbonyl (C=O) groups excluding carboxylic acids is 3. The van der Waals surface area contributed by atoms with Gasteiger partial charge in [-0.05, 0) is 93.2 Å². The standard InChI is InChI=1S/C23H23N2O4.C5H5.Fe/c1-3-29-22(27)14-24-21(26)15-25(2)23(28)20-11-10-18-12-17(8-9-19(18)13-20)16-6-4-5-7-16;1-2-4-5-3-1;/h4-13H,3,14-15H2,1-2H3,(H,24,26);1-5H;/q;;+2. The van der Waals surface area contributed by atoms with Crippen molar-refractivity contribution in [3.63, 3.8) is 0 Å². The molecule has 2 fully saturated rings. The molecule has 0 aliphatic heterocycles. The number of rotatable bonds is 7. The van der Waals surface area contributed by atoms with Gasteiger partial charge in [0.2, 0.25) is 5.91 Å². The fourth-order valence-corrected chi connectivity index (χ4v) is 3.39. The van der Waals surface area contributed by atoms with Crippen molar-refractivity contribution in [3.05, 3.63) is 111 Å². The third-order valence-electron chi connectivity index (χ3n) is 5.10. The van der Waals surface area contributed by atoms with Crippen LogP contribution in [-0.4, -0.2) is 49.4 Å². The molecule has 7 heteroatoms. The number of carbonyl (C=O) groups is 3. The fourth-order valence-electron chi connectivity index (χ4n) is 3.39. The van der Waals surface area contributed by atoms with Crippen molar-refractivity contribution >= 4 is 28.6 Å². The monoisotopic (exact) mass is 512 g/mol. The van der Waals surface area contributed by atoms with Gasteiger partial charge in [-0.2, -0.15) is 0 Å². The van der Waals surface area contributed by atoms with E-state index in [1.165, 1.54) is 4.90 Å². The fraction of sp³-hybridized carbons (Fsp3) is 0.179. The number of likely N-dealkylation sites (N-methyl/N-ethyl adjacent to an activating group) is 1. The Morgan fingerprint density at radius 3 is 2.09 bits per heavy atom. The van der Waals surface area contributed by atoms with Crippen molar-refractivity contribution in [2.75, 3.05) is 26.7 Å². The first-order valence-corrected chi connectivity index (χ1v) is 11.1. The first-order chi connectivity index (χ1) is 16.5. The minimum atomic E-state index is -0.509. The van der Waals surface area contributed by atoms with Gasteiger partial charge in [0.05, 0.1) is 13.2 Å². The summed E-state index contributed by atoms with van der Waals surface area (Å²) in [5.74, 6) is -0.0431. The number of benzene rings is 2. The Morgan fingerprint density at radius 2 is 1.46 bits per heavy atom. The number of hydrogen-bond acceptors (Lipinski definition) is 4. The SMILES string of the molecule is CCOC(=O)CNC(=O)CN(C)C(=O)c1ccc2cc([C]3[CH][CH][CH][CH]3)ccc2c1.[CH]1[CH][CH][CH][CH]1.[Fe+2]. The van der Waals surface area contributed by atoms with Crippen molar-refractivity contribution in [1.82, 2.24) is 10.2 Å². The van der Waals surface area contributed by atoms with Gasteiger partial charge >= 0.3 is 23.0 Å². The van der Waals surface area contributed by atoms with E-state index in [4.69, 9.17) is 4.74 Å². The first kappa shape index (κ1) is 28.9. The van der Waals surface area contributed by atoms with E-state index in [-0.39, 0.29) is 42.7 Å². The van der Waals surface area contributed by atoms with Crippen LogP contribution in [0.15, 0.2) is 36.4 Å². The number of amides is 2. The molecule has 2 aliphatic carbocycles. The first-order valence-electron chi connectivity index (χ1n) is 11.1. The van der Waals surface area contributed by atoms with E-state index < -0.39 is 11.9 Å². The van der Waals surface area contributed by atoms with Gasteiger partial charge < -0.3 is 15.0 Å². The van der Waals surface area contributed by atoms with Gasteiger partial charge in [-0.3, -0.25) is 14.4 Å². The van der Waals surface area contributed by atoms with Crippen LogP contribution in [0.2, 0.25) is 0 Å². The van der Waals surface area contributed by atoms with Crippen molar-refractivity contribution < 1.29 is 36.2 Å². The van der Waals surface area contributed by atoms with Crippen LogP contribution in [-0.2, 0) is 31.4 Å². The summed E-state index contributed by atoms with van der Waals surface area (Å²) in [7, 11) is 1.55. The number of fused-ring (bicyclic) bond motifs is 1. The van der Waals surface area contributed by atoms with Crippen LogP contribution < -0.4 is 5.32 Å². The van der Waals surface area contributed by atoms with Crippen LogP contribution in [0.3, 0.4) is 0 Å². The number of nitrogens with zero attached hydrogens (tertiary/aromatic N) is 1. The minimum Gasteiger partial charge on any atom is -0.465 e. The Hall–Kier alpha value is -2.37. The molecule has 2 aliphatic rings. The second kappa shape index (κ2) is 14.9. The predicted molar refractivity (Wildman–Crippen MR) is 132 cm³/mol. The largest absolute Gasteiger partial charge is 2.00 e. The number of hydrogen-bond donors (Lipinski definition) is 1. The van der Waals surface area contributed by atoms with E-state index in [0.29, 0.717) is 5.56 Å². The van der Waals surface area contributed by atoms with E-state index >= 15 is 0 Å². The maximum absolute atomic E-state index is 12.7. The molecule has 0 atom stereocenters. The molecule has 2 saturated carbocycles. The molecule has 0 heterocycles. The third kappa shape index (κ3) is 8.97. The summed E-state index contributed by atoms with van der Waals surface area (Å²) in [6, 6.07) is 11.6. The molecule has 6 nitrogen and oxygen atoms in total. The van der Waals surface area contributed by atoms with E-state index in [2.05, 4.69) is 24.2 Å². The summed E-state index contributed by atoms with van der Waals surface area (Å²) in [4.78, 5) is 37.2. The average Bonchev–Trinajstić information content (AvgIpc) is 3.59. The maximum atomic E-state index is 12.7. The zero-order valence-electron chi connectivity index (χ0n) is 19.7.